The molecule has 0 spiro atoms. The summed E-state index contributed by atoms with van der Waals surface area (Å²) in [7, 11) is 0. The van der Waals surface area contributed by atoms with Gasteiger partial charge in [0, 0.05) is 0 Å². The van der Waals surface area contributed by atoms with E-state index in [0.717, 1.165) is 6.07 Å². The molecule has 0 aromatic heterocycles. The molecular weight excluding hydrogens is 194 g/mol. The predicted molar refractivity (Wildman–Crippen MR) is 27.2 cm³/mol. The van der Waals surface area contributed by atoms with Gasteiger partial charge in [0.15, 0.2) is 0 Å². The summed E-state index contributed by atoms with van der Waals surface area (Å²) in [6, 6.07) is 0.886. The lowest BCUT2D eigenvalue weighted by Crippen LogP contribution is -2.25. The van der Waals surface area contributed by atoms with Crippen molar-refractivity contribution in [3.63, 3.8) is 0 Å². The molecule has 0 atom stereocenters. The van der Waals surface area contributed by atoms with E-state index in [1.165, 1.54) is 0 Å². The van der Waals surface area contributed by atoms with E-state index in [2.05, 4.69) is 27.9 Å². The Balaban J connectivity index is 4.05. The Bertz CT molecular complexity index is 160. The van der Waals surface area contributed by atoms with Crippen molar-refractivity contribution in [2.75, 3.05) is 0 Å². The zero-order valence-electron chi connectivity index (χ0n) is 4.25. The molecule has 0 saturated heterocycles. The summed E-state index contributed by atoms with van der Waals surface area (Å²) in [6.45, 7) is 0. The van der Waals surface area contributed by atoms with Gasteiger partial charge in [-0.25, -0.2) is 4.74 Å². The van der Waals surface area contributed by atoms with Crippen LogP contribution in [0.3, 0.4) is 0 Å². The lowest BCUT2D eigenvalue weighted by Gasteiger charge is -2.12. The molecule has 0 radical (unpaired) electrons. The third kappa shape index (κ3) is 4.68. The monoisotopic (exact) mass is 193 g/mol. The van der Waals surface area contributed by atoms with Gasteiger partial charge in [-0.1, -0.05) is 23.2 Å². The summed E-state index contributed by atoms with van der Waals surface area (Å²) in [6.07, 6.45) is -5.00. The molecule has 10 heavy (non-hydrogen) atoms. The van der Waals surface area contributed by atoms with Crippen LogP contribution >= 0.6 is 23.2 Å². The molecule has 0 N–H and O–H groups in total. The van der Waals surface area contributed by atoms with Crippen LogP contribution in [0.2, 0.25) is 0 Å². The van der Waals surface area contributed by atoms with Crippen LogP contribution in [0.5, 0.6) is 0 Å². The van der Waals surface area contributed by atoms with Crippen LogP contribution in [0.25, 0.3) is 0 Å². The van der Waals surface area contributed by atoms with Crippen molar-refractivity contribution in [3.8, 4) is 6.07 Å². The summed E-state index contributed by atoms with van der Waals surface area (Å²) in [5, 5.41) is 7.82. The summed E-state index contributed by atoms with van der Waals surface area (Å²) >= 11 is 9.33. The molecule has 0 bridgehead atoms. The molecular formula is C3Cl2F3NO. The molecule has 0 amide bonds. The molecule has 0 aromatic carbocycles. The lowest BCUT2D eigenvalue weighted by molar-refractivity contribution is -0.331. The number of ether oxygens (including phenoxy) is 1. The van der Waals surface area contributed by atoms with Gasteiger partial charge in [0.2, 0.25) is 0 Å². The van der Waals surface area contributed by atoms with Crippen LogP contribution in [-0.2, 0) is 4.74 Å². The average molecular weight is 194 g/mol. The number of rotatable bonds is 1. The predicted octanol–water partition coefficient (Wildman–Crippen LogP) is 2.18. The Kier molecular flexibility index (Phi) is 2.77. The first-order valence-corrected chi connectivity index (χ1v) is 2.58. The fourth-order valence-electron chi connectivity index (χ4n) is 0.168. The Labute approximate surface area is 64.1 Å². The van der Waals surface area contributed by atoms with Crippen molar-refractivity contribution in [3.05, 3.63) is 0 Å². The zero-order chi connectivity index (χ0) is 8.41. The number of nitriles is 1. The number of hydrogen-bond donors (Lipinski definition) is 0. The standard InChI is InChI=1S/C3Cl2F3NO/c4-2(5,1-9)10-3(6,7)8. The van der Waals surface area contributed by atoms with Crippen LogP contribution in [0.15, 0.2) is 0 Å². The van der Waals surface area contributed by atoms with Gasteiger partial charge in [-0.15, -0.1) is 13.2 Å². The first-order chi connectivity index (χ1) is 4.27. The molecule has 0 aliphatic carbocycles. The first kappa shape index (κ1) is 9.82. The third-order valence-electron chi connectivity index (χ3n) is 0.374. The number of halogens is 5. The van der Waals surface area contributed by atoms with Gasteiger partial charge in [0.25, 0.3) is 0 Å². The minimum absolute atomic E-state index is 0.886. The third-order valence-corrected chi connectivity index (χ3v) is 0.697. The van der Waals surface area contributed by atoms with Gasteiger partial charge in [0.05, 0.1) is 0 Å². The highest BCUT2D eigenvalue weighted by atomic mass is 35.5. The van der Waals surface area contributed by atoms with Gasteiger partial charge < -0.3 is 0 Å². The van der Waals surface area contributed by atoms with E-state index in [-0.39, 0.29) is 0 Å². The highest BCUT2D eigenvalue weighted by molar-refractivity contribution is 6.49. The topological polar surface area (TPSA) is 33.0 Å². The highest BCUT2D eigenvalue weighted by Crippen LogP contribution is 2.30. The van der Waals surface area contributed by atoms with Crippen molar-refractivity contribution < 1.29 is 17.9 Å². The minimum Gasteiger partial charge on any atom is -0.241 e. The molecule has 0 rings (SSSR count). The van der Waals surface area contributed by atoms with Gasteiger partial charge in [-0.3, -0.25) is 0 Å². The molecule has 7 heteroatoms. The molecule has 0 aliphatic rings. The van der Waals surface area contributed by atoms with E-state index in [4.69, 9.17) is 5.26 Å². The van der Waals surface area contributed by atoms with E-state index < -0.39 is 10.9 Å². The Hall–Kier alpha value is -0.180. The summed E-state index contributed by atoms with van der Waals surface area (Å²) in [4.78, 5) is 0. The van der Waals surface area contributed by atoms with E-state index >= 15 is 0 Å². The Morgan fingerprint density at radius 3 is 1.80 bits per heavy atom. The van der Waals surface area contributed by atoms with E-state index in [1.807, 2.05) is 0 Å². The zero-order valence-corrected chi connectivity index (χ0v) is 5.76. The minimum atomic E-state index is -5.00. The average Bonchev–Trinajstić information content (AvgIpc) is 1.60. The largest absolute Gasteiger partial charge is 0.525 e. The molecule has 58 valence electrons. The van der Waals surface area contributed by atoms with Crippen molar-refractivity contribution >= 4 is 23.2 Å². The first-order valence-electron chi connectivity index (χ1n) is 1.83. The molecule has 2 nitrogen and oxygen atoms in total. The maximum Gasteiger partial charge on any atom is 0.525 e. The van der Waals surface area contributed by atoms with Gasteiger partial charge in [-0.2, -0.15) is 5.26 Å². The van der Waals surface area contributed by atoms with E-state index in [9.17, 15) is 13.2 Å². The van der Waals surface area contributed by atoms with Crippen LogP contribution in [0.4, 0.5) is 13.2 Å². The fourth-order valence-corrected chi connectivity index (χ4v) is 0.343. The van der Waals surface area contributed by atoms with Crippen molar-refractivity contribution in [2.24, 2.45) is 0 Å². The molecule has 0 saturated carbocycles. The van der Waals surface area contributed by atoms with E-state index in [0.29, 0.717) is 0 Å². The van der Waals surface area contributed by atoms with Gasteiger partial charge in [0.1, 0.15) is 6.07 Å². The lowest BCUT2D eigenvalue weighted by atomic mass is 10.8. The van der Waals surface area contributed by atoms with Crippen LogP contribution in [0, 0.1) is 11.3 Å². The second-order valence-corrected chi connectivity index (χ2v) is 2.43. The van der Waals surface area contributed by atoms with Crippen LogP contribution in [0.1, 0.15) is 0 Å². The molecule has 0 unspecified atom stereocenters. The SMILES string of the molecule is N#CC(Cl)(Cl)OC(F)(F)F. The van der Waals surface area contributed by atoms with Gasteiger partial charge in [-0.05, 0) is 0 Å². The number of alkyl halides is 5. The smallest absolute Gasteiger partial charge is 0.241 e. The molecule has 0 aromatic rings. The molecule has 0 fully saturated rings. The van der Waals surface area contributed by atoms with E-state index in [1.54, 1.807) is 0 Å². The van der Waals surface area contributed by atoms with Crippen molar-refractivity contribution in [2.45, 2.75) is 10.9 Å². The molecule has 0 heterocycles. The van der Waals surface area contributed by atoms with Crippen LogP contribution in [-0.4, -0.2) is 10.9 Å². The fraction of sp³-hybridized carbons (Fsp3) is 0.667. The molecule has 0 aliphatic heterocycles. The summed E-state index contributed by atoms with van der Waals surface area (Å²) in [5.41, 5.74) is 0. The number of nitrogens with zero attached hydrogens (tertiary/aromatic N) is 1. The number of hydrogen-bond acceptors (Lipinski definition) is 2. The highest BCUT2D eigenvalue weighted by Gasteiger charge is 2.41. The maximum absolute atomic E-state index is 11.2. The van der Waals surface area contributed by atoms with Gasteiger partial charge >= 0.3 is 10.9 Å². The summed E-state index contributed by atoms with van der Waals surface area (Å²) in [5.74, 6) is 0. The normalized spacial score (nSPS) is 12.8. The van der Waals surface area contributed by atoms with Crippen molar-refractivity contribution in [1.82, 2.24) is 0 Å². The van der Waals surface area contributed by atoms with Crippen LogP contribution < -0.4 is 0 Å². The second kappa shape index (κ2) is 2.82. The summed E-state index contributed by atoms with van der Waals surface area (Å²) < 4.78 is 33.7. The Morgan fingerprint density at radius 2 is 1.70 bits per heavy atom. The quantitative estimate of drug-likeness (QED) is 0.599. The Morgan fingerprint density at radius 1 is 1.30 bits per heavy atom. The second-order valence-electron chi connectivity index (χ2n) is 1.18. The maximum atomic E-state index is 11.2. The van der Waals surface area contributed by atoms with Crippen molar-refractivity contribution in [1.29, 1.82) is 5.26 Å².